The van der Waals surface area contributed by atoms with Gasteiger partial charge in [-0.15, -0.1) is 11.3 Å². The zero-order chi connectivity index (χ0) is 50.0. The van der Waals surface area contributed by atoms with E-state index in [2.05, 4.69) is 242 Å². The largest absolute Gasteiger partial charge is 0.333 e. The molecular weight excluding hydrogens is 941 g/mol. The lowest BCUT2D eigenvalue weighted by Gasteiger charge is -2.31. The summed E-state index contributed by atoms with van der Waals surface area (Å²) in [5.74, 6) is 2.81. The standard InChI is InChI=1S/C71H48N4S/c1-42-12-2-8-22-64(42)75-65-23-9-7-21-59(65)62-40-50(27-32-66(62)75)69-72-70(74-71(73-69)53-29-24-43-34-52(53)35-43)51-26-31-60-63-39-49(28-33-67(63)76-68(60)41-51)47-16-11-14-45(37-47)44-13-10-15-46(36-44)48-25-30-58-56-19-4-3-17-54(56)55-18-5-6-20-57(55)61(58)38-48/h2-28,30-34,36-42,53,64H,29,35H2,1H3. The van der Waals surface area contributed by atoms with Gasteiger partial charge in [0.2, 0.25) is 0 Å². The Kier molecular flexibility index (Phi) is 9.71. The molecule has 5 heteroatoms. The van der Waals surface area contributed by atoms with Gasteiger partial charge in [0.1, 0.15) is 5.82 Å². The van der Waals surface area contributed by atoms with Crippen LogP contribution in [-0.4, -0.2) is 19.5 Å². The fraction of sp³-hybridized carbons (Fsp3) is 0.0845. The second kappa shape index (κ2) is 17.0. The van der Waals surface area contributed by atoms with Gasteiger partial charge in [-0.2, -0.15) is 0 Å². The van der Waals surface area contributed by atoms with E-state index in [1.165, 1.54) is 119 Å². The molecule has 3 aromatic heterocycles. The van der Waals surface area contributed by atoms with Crippen molar-refractivity contribution < 1.29 is 0 Å². The molecule has 3 atom stereocenters. The summed E-state index contributed by atoms with van der Waals surface area (Å²) in [5.41, 5.74) is 14.5. The van der Waals surface area contributed by atoms with E-state index in [4.69, 9.17) is 15.0 Å². The molecule has 0 N–H and O–H groups in total. The van der Waals surface area contributed by atoms with Gasteiger partial charge < -0.3 is 4.57 Å². The molecule has 10 aromatic carbocycles. The Labute approximate surface area is 444 Å². The van der Waals surface area contributed by atoms with Crippen molar-refractivity contribution >= 4 is 85.6 Å². The zero-order valence-corrected chi connectivity index (χ0v) is 42.6. The van der Waals surface area contributed by atoms with Crippen molar-refractivity contribution in [1.82, 2.24) is 19.5 Å². The van der Waals surface area contributed by atoms with Gasteiger partial charge >= 0.3 is 0 Å². The molecular formula is C71H48N4S. The molecule has 0 spiro atoms. The normalized spacial score (nSPS) is 17.1. The summed E-state index contributed by atoms with van der Waals surface area (Å²) in [4.78, 5) is 15.9. The van der Waals surface area contributed by atoms with Crippen LogP contribution in [0.25, 0.3) is 130 Å². The third kappa shape index (κ3) is 6.92. The highest BCUT2D eigenvalue weighted by Gasteiger charge is 2.30. The highest BCUT2D eigenvalue weighted by molar-refractivity contribution is 7.25. The van der Waals surface area contributed by atoms with Crippen LogP contribution in [0.3, 0.4) is 0 Å². The third-order valence-corrected chi connectivity index (χ3v) is 17.8. The van der Waals surface area contributed by atoms with Crippen molar-refractivity contribution in [2.24, 2.45) is 5.92 Å². The van der Waals surface area contributed by atoms with Crippen LogP contribution in [0.4, 0.5) is 0 Å². The molecule has 3 unspecified atom stereocenters. The first kappa shape index (κ1) is 43.4. The molecule has 17 rings (SSSR count). The van der Waals surface area contributed by atoms with Gasteiger partial charge in [0, 0.05) is 59.0 Å². The Morgan fingerprint density at radius 2 is 0.947 bits per heavy atom. The second-order valence-corrected chi connectivity index (χ2v) is 22.2. The maximum absolute atomic E-state index is 5.33. The quantitative estimate of drug-likeness (QED) is 0.149. The Morgan fingerprint density at radius 3 is 1.62 bits per heavy atom. The van der Waals surface area contributed by atoms with Crippen molar-refractivity contribution in [1.29, 1.82) is 0 Å². The summed E-state index contributed by atoms with van der Waals surface area (Å²) in [6.07, 6.45) is 15.6. The number of aromatic nitrogens is 4. The molecule has 4 nitrogen and oxygen atoms in total. The fourth-order valence-corrected chi connectivity index (χ4v) is 13.9. The lowest BCUT2D eigenvalue weighted by atomic mass is 9.75. The van der Waals surface area contributed by atoms with Crippen molar-refractivity contribution in [3.8, 4) is 56.2 Å². The van der Waals surface area contributed by atoms with E-state index in [1.807, 2.05) is 11.3 Å². The number of fused-ring (bicyclic) bond motifs is 14. The van der Waals surface area contributed by atoms with Gasteiger partial charge in [0.15, 0.2) is 11.6 Å². The molecule has 0 saturated carbocycles. The van der Waals surface area contributed by atoms with Crippen LogP contribution in [0.1, 0.15) is 37.5 Å². The molecule has 4 aliphatic carbocycles. The molecule has 4 aliphatic rings. The average molecular weight is 989 g/mol. The zero-order valence-electron chi connectivity index (χ0n) is 41.8. The third-order valence-electron chi connectivity index (χ3n) is 16.6. The van der Waals surface area contributed by atoms with Crippen LogP contribution in [-0.2, 0) is 0 Å². The SMILES string of the molecule is CC1C=CC=CC1n1c2ccccc2c2cc(-c3nc(-c4ccc5c(c4)sc4ccc(-c6cccc(-c7cccc(-c8ccc9c%10ccccc%10c%10ccccc%10c9c8)c7)c6)cc45)nc(C4CC=C5C=C4C5)n3)ccc21. The number of hydrogen-bond acceptors (Lipinski definition) is 4. The predicted molar refractivity (Wildman–Crippen MR) is 320 cm³/mol. The maximum atomic E-state index is 5.33. The molecule has 76 heavy (non-hydrogen) atoms. The average Bonchev–Trinajstić information content (AvgIpc) is 4.05. The second-order valence-electron chi connectivity index (χ2n) is 21.1. The Morgan fingerprint density at radius 1 is 0.421 bits per heavy atom. The molecule has 0 fully saturated rings. The van der Waals surface area contributed by atoms with Gasteiger partial charge in [-0.25, -0.2) is 15.0 Å². The summed E-state index contributed by atoms with van der Waals surface area (Å²) in [6, 6.07) is 72.1. The van der Waals surface area contributed by atoms with E-state index in [9.17, 15) is 0 Å². The Balaban J connectivity index is 0.744. The van der Waals surface area contributed by atoms with E-state index in [0.29, 0.717) is 17.6 Å². The lowest BCUT2D eigenvalue weighted by Crippen LogP contribution is -2.18. The van der Waals surface area contributed by atoms with E-state index in [-0.39, 0.29) is 12.0 Å². The van der Waals surface area contributed by atoms with E-state index >= 15 is 0 Å². The van der Waals surface area contributed by atoms with Crippen LogP contribution in [0.15, 0.2) is 242 Å². The van der Waals surface area contributed by atoms with Crippen LogP contribution >= 0.6 is 11.3 Å². The van der Waals surface area contributed by atoms with E-state index in [1.54, 1.807) is 0 Å². The number of benzene rings is 10. The predicted octanol–water partition coefficient (Wildman–Crippen LogP) is 19.2. The van der Waals surface area contributed by atoms with E-state index < -0.39 is 0 Å². The number of nitrogens with zero attached hydrogens (tertiary/aromatic N) is 4. The molecule has 2 bridgehead atoms. The smallest absolute Gasteiger partial charge is 0.163 e. The minimum absolute atomic E-state index is 0.150. The van der Waals surface area contributed by atoms with Crippen molar-refractivity contribution in [3.63, 3.8) is 0 Å². The number of allylic oxidation sites excluding steroid dienone is 8. The van der Waals surface area contributed by atoms with Crippen LogP contribution in [0, 0.1) is 5.92 Å². The molecule has 0 amide bonds. The van der Waals surface area contributed by atoms with Crippen molar-refractivity contribution in [2.75, 3.05) is 0 Å². The van der Waals surface area contributed by atoms with Gasteiger partial charge in [-0.05, 0) is 151 Å². The summed E-state index contributed by atoms with van der Waals surface area (Å²) in [7, 11) is 0. The summed E-state index contributed by atoms with van der Waals surface area (Å²) in [6.45, 7) is 2.30. The minimum Gasteiger partial charge on any atom is -0.333 e. The molecule has 0 aliphatic heterocycles. The Hall–Kier alpha value is -9.03. The first-order valence-corrected chi connectivity index (χ1v) is 27.4. The number of para-hydroxylation sites is 1. The van der Waals surface area contributed by atoms with Gasteiger partial charge in [0.05, 0.1) is 6.04 Å². The van der Waals surface area contributed by atoms with E-state index in [0.717, 1.165) is 29.8 Å². The molecule has 3 heterocycles. The van der Waals surface area contributed by atoms with Crippen molar-refractivity contribution in [3.05, 3.63) is 248 Å². The lowest BCUT2D eigenvalue weighted by molar-refractivity contribution is 0.510. The fourth-order valence-electron chi connectivity index (χ4n) is 12.7. The summed E-state index contributed by atoms with van der Waals surface area (Å²) in [5, 5.41) is 12.7. The van der Waals surface area contributed by atoms with Gasteiger partial charge in [-0.1, -0.05) is 182 Å². The first-order chi connectivity index (χ1) is 37.5. The van der Waals surface area contributed by atoms with Gasteiger partial charge in [-0.3, -0.25) is 0 Å². The monoisotopic (exact) mass is 988 g/mol. The number of hydrogen-bond donors (Lipinski definition) is 0. The highest BCUT2D eigenvalue weighted by atomic mass is 32.1. The van der Waals surface area contributed by atoms with Crippen molar-refractivity contribution in [2.45, 2.75) is 31.7 Å². The topological polar surface area (TPSA) is 43.6 Å². The maximum Gasteiger partial charge on any atom is 0.163 e. The van der Waals surface area contributed by atoms with Crippen LogP contribution < -0.4 is 0 Å². The molecule has 358 valence electrons. The molecule has 0 radical (unpaired) electrons. The minimum atomic E-state index is 0.150. The molecule has 0 saturated heterocycles. The number of rotatable bonds is 7. The van der Waals surface area contributed by atoms with Crippen LogP contribution in [0.5, 0.6) is 0 Å². The molecule has 13 aromatic rings. The highest BCUT2D eigenvalue weighted by Crippen LogP contribution is 2.46. The number of thiophene rings is 1. The van der Waals surface area contributed by atoms with Gasteiger partial charge in [0.25, 0.3) is 0 Å². The first-order valence-electron chi connectivity index (χ1n) is 26.6. The summed E-state index contributed by atoms with van der Waals surface area (Å²) < 4.78 is 4.99. The Bertz CT molecular complexity index is 4720. The van der Waals surface area contributed by atoms with Crippen LogP contribution in [0.2, 0.25) is 0 Å². The summed E-state index contributed by atoms with van der Waals surface area (Å²) >= 11 is 1.83.